The average Bonchev–Trinajstić information content (AvgIpc) is 3.27. The van der Waals surface area contributed by atoms with E-state index in [1.165, 1.54) is 6.33 Å². The number of likely N-dealkylation sites (tertiary alicyclic amines) is 1. The highest BCUT2D eigenvalue weighted by atomic mass is 32.2. The van der Waals surface area contributed by atoms with Gasteiger partial charge in [-0.05, 0) is 50.9 Å². The molecule has 172 valence electrons. The molecule has 0 aliphatic carbocycles. The fourth-order valence-electron chi connectivity index (χ4n) is 3.85. The van der Waals surface area contributed by atoms with Crippen molar-refractivity contribution in [2.45, 2.75) is 50.1 Å². The highest BCUT2D eigenvalue weighted by molar-refractivity contribution is 7.93. The average molecular weight is 481 g/mol. The highest BCUT2D eigenvalue weighted by Gasteiger charge is 2.31. The predicted molar refractivity (Wildman–Crippen MR) is 123 cm³/mol. The SMILES string of the molecule is C=C(/C=C\C=C/C)[C@H]1CCCCN1[C@H](C)c1cc(F)c(S(=O)(=O)Nc2ncns2)cc1F. The molecule has 0 amide bonds. The Hall–Kier alpha value is -2.43. The minimum Gasteiger partial charge on any atom is -0.290 e. The van der Waals surface area contributed by atoms with Crippen LogP contribution < -0.4 is 4.72 Å². The molecule has 0 radical (unpaired) electrons. The molecule has 0 bridgehead atoms. The van der Waals surface area contributed by atoms with Crippen LogP contribution in [0.2, 0.25) is 0 Å². The molecular weight excluding hydrogens is 454 g/mol. The molecule has 1 N–H and O–H groups in total. The lowest BCUT2D eigenvalue weighted by molar-refractivity contribution is 0.124. The lowest BCUT2D eigenvalue weighted by Crippen LogP contribution is -2.42. The Balaban J connectivity index is 1.88. The van der Waals surface area contributed by atoms with Crippen molar-refractivity contribution in [1.29, 1.82) is 0 Å². The van der Waals surface area contributed by atoms with Crippen molar-refractivity contribution >= 4 is 26.7 Å². The first-order valence-electron chi connectivity index (χ1n) is 10.3. The summed E-state index contributed by atoms with van der Waals surface area (Å²) < 4.78 is 60.8. The van der Waals surface area contributed by atoms with Gasteiger partial charge in [-0.25, -0.2) is 22.2 Å². The van der Waals surface area contributed by atoms with Gasteiger partial charge in [0.15, 0.2) is 0 Å². The monoisotopic (exact) mass is 480 g/mol. The molecule has 1 fully saturated rings. The van der Waals surface area contributed by atoms with Crippen molar-refractivity contribution < 1.29 is 17.2 Å². The van der Waals surface area contributed by atoms with Crippen molar-refractivity contribution in [1.82, 2.24) is 14.3 Å². The Bertz CT molecular complexity index is 1120. The molecule has 0 saturated carbocycles. The summed E-state index contributed by atoms with van der Waals surface area (Å²) in [6, 6.07) is 1.22. The zero-order valence-electron chi connectivity index (χ0n) is 18.0. The summed E-state index contributed by atoms with van der Waals surface area (Å²) in [5.74, 6) is -1.80. The Morgan fingerprint density at radius 1 is 1.31 bits per heavy atom. The first-order valence-corrected chi connectivity index (χ1v) is 12.5. The van der Waals surface area contributed by atoms with Gasteiger partial charge in [0.25, 0.3) is 10.0 Å². The largest absolute Gasteiger partial charge is 0.290 e. The molecule has 1 aliphatic rings. The van der Waals surface area contributed by atoms with E-state index >= 15 is 4.39 Å². The number of anilines is 1. The second-order valence-electron chi connectivity index (χ2n) is 7.54. The molecule has 1 saturated heterocycles. The predicted octanol–water partition coefficient (Wildman–Crippen LogP) is 5.22. The number of aromatic nitrogens is 2. The number of sulfonamides is 1. The first kappa shape index (κ1) is 24.2. The van der Waals surface area contributed by atoms with E-state index in [0.717, 1.165) is 48.5 Å². The number of hydrogen-bond acceptors (Lipinski definition) is 6. The van der Waals surface area contributed by atoms with Crippen LogP contribution in [0.5, 0.6) is 0 Å². The number of allylic oxidation sites excluding steroid dienone is 3. The Kier molecular flexibility index (Phi) is 7.91. The summed E-state index contributed by atoms with van der Waals surface area (Å²) >= 11 is 0.799. The van der Waals surface area contributed by atoms with Crippen LogP contribution in [-0.4, -0.2) is 35.3 Å². The summed E-state index contributed by atoms with van der Waals surface area (Å²) in [6.07, 6.45) is 11.7. The number of hydrogen-bond donors (Lipinski definition) is 1. The van der Waals surface area contributed by atoms with Crippen LogP contribution in [0, 0.1) is 11.6 Å². The van der Waals surface area contributed by atoms with Crippen LogP contribution in [0.3, 0.4) is 0 Å². The highest BCUT2D eigenvalue weighted by Crippen LogP contribution is 2.34. The van der Waals surface area contributed by atoms with E-state index in [0.29, 0.717) is 6.54 Å². The summed E-state index contributed by atoms with van der Waals surface area (Å²) in [6.45, 7) is 8.60. The fourth-order valence-corrected chi connectivity index (χ4v) is 5.59. The molecule has 0 unspecified atom stereocenters. The summed E-state index contributed by atoms with van der Waals surface area (Å²) in [7, 11) is -4.34. The van der Waals surface area contributed by atoms with Crippen molar-refractivity contribution in [2.75, 3.05) is 11.3 Å². The standard InChI is InChI=1S/C22H26F2N4O2S2/c1-4-5-6-9-15(2)20-10-7-8-11-28(20)16(3)17-12-19(24)21(13-18(17)23)32(29,30)27-22-25-14-26-31-22/h4-6,9,12-14,16,20H,2,7-8,10-11H2,1,3H3,(H,25,26,27)/b5-4-,9-6-/t16-,20-/m1/s1. The van der Waals surface area contributed by atoms with Gasteiger partial charge in [-0.15, -0.1) is 0 Å². The summed E-state index contributed by atoms with van der Waals surface area (Å²) in [4.78, 5) is 5.04. The topological polar surface area (TPSA) is 75.2 Å². The molecule has 2 heterocycles. The number of nitrogens with one attached hydrogen (secondary N) is 1. The van der Waals surface area contributed by atoms with Gasteiger partial charge in [-0.1, -0.05) is 37.3 Å². The third-order valence-electron chi connectivity index (χ3n) is 5.46. The van der Waals surface area contributed by atoms with Gasteiger partial charge in [0.1, 0.15) is 22.9 Å². The van der Waals surface area contributed by atoms with Crippen LogP contribution in [0.4, 0.5) is 13.9 Å². The van der Waals surface area contributed by atoms with Gasteiger partial charge in [0.2, 0.25) is 5.13 Å². The molecule has 1 aromatic heterocycles. The summed E-state index contributed by atoms with van der Waals surface area (Å²) in [5.41, 5.74) is 1.01. The maximum Gasteiger partial charge on any atom is 0.266 e. The number of halogens is 2. The number of nitrogens with zero attached hydrogens (tertiary/aromatic N) is 3. The number of piperidine rings is 1. The number of benzene rings is 1. The van der Waals surface area contributed by atoms with Crippen LogP contribution in [0.1, 0.15) is 44.7 Å². The molecule has 3 rings (SSSR count). The molecule has 1 aromatic carbocycles. The van der Waals surface area contributed by atoms with Gasteiger partial charge >= 0.3 is 0 Å². The van der Waals surface area contributed by atoms with E-state index in [2.05, 4.69) is 25.6 Å². The van der Waals surface area contributed by atoms with E-state index in [4.69, 9.17) is 0 Å². The normalized spacial score (nSPS) is 18.9. The minimum atomic E-state index is -4.34. The third kappa shape index (κ3) is 5.48. The minimum absolute atomic E-state index is 0.00908. The fraction of sp³-hybridized carbons (Fsp3) is 0.364. The quantitative estimate of drug-likeness (QED) is 0.524. The van der Waals surface area contributed by atoms with E-state index in [-0.39, 0.29) is 16.7 Å². The van der Waals surface area contributed by atoms with E-state index in [1.54, 1.807) is 6.92 Å². The smallest absolute Gasteiger partial charge is 0.266 e. The van der Waals surface area contributed by atoms with E-state index in [9.17, 15) is 12.8 Å². The maximum atomic E-state index is 15.1. The zero-order chi connectivity index (χ0) is 23.3. The van der Waals surface area contributed by atoms with Gasteiger partial charge in [0.05, 0.1) is 0 Å². The Labute approximate surface area is 191 Å². The lowest BCUT2D eigenvalue weighted by atomic mass is 9.92. The Morgan fingerprint density at radius 2 is 2.09 bits per heavy atom. The van der Waals surface area contributed by atoms with Crippen molar-refractivity contribution in [3.63, 3.8) is 0 Å². The maximum absolute atomic E-state index is 15.1. The number of rotatable bonds is 8. The molecule has 2 aromatic rings. The van der Waals surface area contributed by atoms with Gasteiger partial charge < -0.3 is 0 Å². The van der Waals surface area contributed by atoms with Crippen LogP contribution in [0.15, 0.2) is 59.8 Å². The van der Waals surface area contributed by atoms with Crippen LogP contribution in [-0.2, 0) is 10.0 Å². The molecule has 0 spiro atoms. The van der Waals surface area contributed by atoms with Gasteiger partial charge in [-0.3, -0.25) is 9.62 Å². The Morgan fingerprint density at radius 3 is 2.78 bits per heavy atom. The van der Waals surface area contributed by atoms with E-state index < -0.39 is 32.6 Å². The second-order valence-corrected chi connectivity index (χ2v) is 9.97. The zero-order valence-corrected chi connectivity index (χ0v) is 19.6. The van der Waals surface area contributed by atoms with Crippen molar-refractivity contribution in [3.8, 4) is 0 Å². The lowest BCUT2D eigenvalue weighted by Gasteiger charge is -2.40. The molecule has 6 nitrogen and oxygen atoms in total. The van der Waals surface area contributed by atoms with E-state index in [1.807, 2.05) is 31.2 Å². The molecule has 32 heavy (non-hydrogen) atoms. The third-order valence-corrected chi connectivity index (χ3v) is 7.52. The second kappa shape index (κ2) is 10.5. The van der Waals surface area contributed by atoms with Crippen LogP contribution >= 0.6 is 11.5 Å². The van der Waals surface area contributed by atoms with Gasteiger partial charge in [0, 0.05) is 29.2 Å². The van der Waals surface area contributed by atoms with Crippen LogP contribution in [0.25, 0.3) is 0 Å². The van der Waals surface area contributed by atoms with Crippen molar-refractivity contribution in [2.24, 2.45) is 0 Å². The summed E-state index contributed by atoms with van der Waals surface area (Å²) in [5, 5.41) is -0.0251. The molecule has 10 heteroatoms. The molecular formula is C22H26F2N4O2S2. The molecule has 2 atom stereocenters. The van der Waals surface area contributed by atoms with Gasteiger partial charge in [-0.2, -0.15) is 4.37 Å². The first-order chi connectivity index (χ1) is 15.2. The molecule has 1 aliphatic heterocycles. The van der Waals surface area contributed by atoms with Crippen molar-refractivity contribution in [3.05, 3.63) is 72.1 Å².